The highest BCUT2D eigenvalue weighted by Crippen LogP contribution is 2.23. The maximum Gasteiger partial charge on any atom is 0.310 e. The molecule has 1 aromatic heterocycles. The SMILES string of the molecule is O=C(O)C(CCc1ccc(OCCCNc2ccccn2)cc1)c1ccccc1. The number of aromatic nitrogens is 1. The van der Waals surface area contributed by atoms with Crippen LogP contribution in [0.1, 0.15) is 29.9 Å². The second kappa shape index (κ2) is 10.9. The quantitative estimate of drug-likeness (QED) is 0.462. The van der Waals surface area contributed by atoms with E-state index in [0.717, 1.165) is 35.7 Å². The van der Waals surface area contributed by atoms with Crippen LogP contribution >= 0.6 is 0 Å². The van der Waals surface area contributed by atoms with Gasteiger partial charge in [0.1, 0.15) is 11.6 Å². The van der Waals surface area contributed by atoms with Gasteiger partial charge in [0, 0.05) is 12.7 Å². The summed E-state index contributed by atoms with van der Waals surface area (Å²) in [6, 6.07) is 23.1. The van der Waals surface area contributed by atoms with Crippen LogP contribution in [-0.2, 0) is 11.2 Å². The number of aliphatic carboxylic acids is 1. The van der Waals surface area contributed by atoms with Gasteiger partial charge in [-0.2, -0.15) is 0 Å². The van der Waals surface area contributed by atoms with Gasteiger partial charge in [0.05, 0.1) is 12.5 Å². The number of benzene rings is 2. The molecule has 2 N–H and O–H groups in total. The smallest absolute Gasteiger partial charge is 0.310 e. The van der Waals surface area contributed by atoms with Gasteiger partial charge in [0.25, 0.3) is 0 Å². The Hall–Kier alpha value is -3.34. The number of ether oxygens (including phenoxy) is 1. The number of carbonyl (C=O) groups is 1. The van der Waals surface area contributed by atoms with Gasteiger partial charge in [0.15, 0.2) is 0 Å². The van der Waals surface area contributed by atoms with Gasteiger partial charge < -0.3 is 15.2 Å². The molecule has 1 heterocycles. The first-order valence-electron chi connectivity index (χ1n) is 9.87. The van der Waals surface area contributed by atoms with Gasteiger partial charge in [0.2, 0.25) is 0 Å². The number of rotatable bonds is 11. The van der Waals surface area contributed by atoms with E-state index in [0.29, 0.717) is 19.4 Å². The van der Waals surface area contributed by atoms with Crippen molar-refractivity contribution in [1.29, 1.82) is 0 Å². The van der Waals surface area contributed by atoms with Crippen LogP contribution in [0, 0.1) is 0 Å². The van der Waals surface area contributed by atoms with E-state index >= 15 is 0 Å². The minimum Gasteiger partial charge on any atom is -0.494 e. The molecule has 5 heteroatoms. The molecule has 0 radical (unpaired) electrons. The Morgan fingerprint density at radius 3 is 2.45 bits per heavy atom. The second-order valence-corrected chi connectivity index (χ2v) is 6.83. The van der Waals surface area contributed by atoms with Crippen molar-refractivity contribution < 1.29 is 14.6 Å². The second-order valence-electron chi connectivity index (χ2n) is 6.83. The summed E-state index contributed by atoms with van der Waals surface area (Å²) in [5.41, 5.74) is 1.95. The molecule has 2 aromatic carbocycles. The molecular formula is C24H26N2O3. The minimum atomic E-state index is -0.782. The highest BCUT2D eigenvalue weighted by atomic mass is 16.5. The molecular weight excluding hydrogens is 364 g/mol. The molecule has 0 saturated heterocycles. The summed E-state index contributed by atoms with van der Waals surface area (Å²) in [6.45, 7) is 1.42. The number of aryl methyl sites for hydroxylation is 1. The number of anilines is 1. The lowest BCUT2D eigenvalue weighted by Crippen LogP contribution is -2.12. The van der Waals surface area contributed by atoms with E-state index in [1.807, 2.05) is 72.8 Å². The monoisotopic (exact) mass is 390 g/mol. The van der Waals surface area contributed by atoms with Gasteiger partial charge in [-0.25, -0.2) is 4.98 Å². The fraction of sp³-hybridized carbons (Fsp3) is 0.250. The normalized spacial score (nSPS) is 11.6. The topological polar surface area (TPSA) is 71.5 Å². The first-order chi connectivity index (χ1) is 14.2. The third-order valence-electron chi connectivity index (χ3n) is 4.71. The average molecular weight is 390 g/mol. The summed E-state index contributed by atoms with van der Waals surface area (Å²) in [4.78, 5) is 15.8. The van der Waals surface area contributed by atoms with Crippen LogP contribution in [0.5, 0.6) is 5.75 Å². The maximum atomic E-state index is 11.6. The van der Waals surface area contributed by atoms with Crippen molar-refractivity contribution in [2.24, 2.45) is 0 Å². The molecule has 29 heavy (non-hydrogen) atoms. The van der Waals surface area contributed by atoms with E-state index in [9.17, 15) is 9.90 Å². The maximum absolute atomic E-state index is 11.6. The number of nitrogens with one attached hydrogen (secondary N) is 1. The lowest BCUT2D eigenvalue weighted by atomic mass is 9.92. The molecule has 0 amide bonds. The van der Waals surface area contributed by atoms with E-state index in [1.54, 1.807) is 6.20 Å². The fourth-order valence-corrected chi connectivity index (χ4v) is 3.13. The van der Waals surface area contributed by atoms with Gasteiger partial charge >= 0.3 is 5.97 Å². The van der Waals surface area contributed by atoms with Crippen molar-refractivity contribution in [3.63, 3.8) is 0 Å². The Labute approximate surface area is 171 Å². The molecule has 0 fully saturated rings. The lowest BCUT2D eigenvalue weighted by Gasteiger charge is -2.13. The molecule has 0 aliphatic carbocycles. The molecule has 5 nitrogen and oxygen atoms in total. The number of carboxylic acid groups (broad SMARTS) is 1. The molecule has 0 bridgehead atoms. The average Bonchev–Trinajstić information content (AvgIpc) is 2.76. The minimum absolute atomic E-state index is 0.487. The molecule has 0 aliphatic rings. The molecule has 1 atom stereocenters. The zero-order chi connectivity index (χ0) is 20.3. The van der Waals surface area contributed by atoms with Gasteiger partial charge in [-0.3, -0.25) is 4.79 Å². The predicted molar refractivity (Wildman–Crippen MR) is 114 cm³/mol. The Kier molecular flexibility index (Phi) is 7.63. The zero-order valence-corrected chi connectivity index (χ0v) is 16.3. The third kappa shape index (κ3) is 6.64. The first kappa shape index (κ1) is 20.4. The molecule has 150 valence electrons. The van der Waals surface area contributed by atoms with Gasteiger partial charge in [-0.05, 0) is 54.7 Å². The Morgan fingerprint density at radius 1 is 1.00 bits per heavy atom. The highest BCUT2D eigenvalue weighted by Gasteiger charge is 2.19. The largest absolute Gasteiger partial charge is 0.494 e. The van der Waals surface area contributed by atoms with Crippen molar-refractivity contribution in [2.75, 3.05) is 18.5 Å². The highest BCUT2D eigenvalue weighted by molar-refractivity contribution is 5.76. The van der Waals surface area contributed by atoms with Crippen molar-refractivity contribution in [3.8, 4) is 5.75 Å². The molecule has 1 unspecified atom stereocenters. The fourth-order valence-electron chi connectivity index (χ4n) is 3.13. The zero-order valence-electron chi connectivity index (χ0n) is 16.3. The number of hydrogen-bond acceptors (Lipinski definition) is 4. The third-order valence-corrected chi connectivity index (χ3v) is 4.71. The van der Waals surface area contributed by atoms with Crippen molar-refractivity contribution in [2.45, 2.75) is 25.2 Å². The van der Waals surface area contributed by atoms with Crippen molar-refractivity contribution in [1.82, 2.24) is 4.98 Å². The molecule has 0 spiro atoms. The number of carboxylic acids is 1. The molecule has 0 saturated carbocycles. The van der Waals surface area contributed by atoms with E-state index in [4.69, 9.17) is 4.74 Å². The summed E-state index contributed by atoms with van der Waals surface area (Å²) < 4.78 is 5.78. The summed E-state index contributed by atoms with van der Waals surface area (Å²) >= 11 is 0. The van der Waals surface area contributed by atoms with Crippen LogP contribution in [0.2, 0.25) is 0 Å². The number of pyridine rings is 1. The van der Waals surface area contributed by atoms with Crippen LogP contribution in [0.3, 0.4) is 0 Å². The van der Waals surface area contributed by atoms with Gasteiger partial charge in [-0.15, -0.1) is 0 Å². The number of hydrogen-bond donors (Lipinski definition) is 2. The van der Waals surface area contributed by atoms with Gasteiger partial charge in [-0.1, -0.05) is 48.5 Å². The lowest BCUT2D eigenvalue weighted by molar-refractivity contribution is -0.138. The van der Waals surface area contributed by atoms with Crippen LogP contribution in [0.4, 0.5) is 5.82 Å². The summed E-state index contributed by atoms with van der Waals surface area (Å²) in [5, 5.41) is 12.8. The van der Waals surface area contributed by atoms with E-state index in [-0.39, 0.29) is 0 Å². The van der Waals surface area contributed by atoms with E-state index < -0.39 is 11.9 Å². The van der Waals surface area contributed by atoms with E-state index in [2.05, 4.69) is 10.3 Å². The van der Waals surface area contributed by atoms with Crippen molar-refractivity contribution in [3.05, 3.63) is 90.1 Å². The Morgan fingerprint density at radius 2 is 1.76 bits per heavy atom. The van der Waals surface area contributed by atoms with Crippen LogP contribution in [-0.4, -0.2) is 29.2 Å². The summed E-state index contributed by atoms with van der Waals surface area (Å²) in [5.74, 6) is 0.422. The van der Waals surface area contributed by atoms with Crippen LogP contribution in [0.15, 0.2) is 79.0 Å². The molecule has 0 aliphatic heterocycles. The Bertz CT molecular complexity index is 868. The standard InChI is InChI=1S/C24H26N2O3/c27-24(28)22(20-7-2-1-3-8-20)15-12-19-10-13-21(14-11-19)29-18-6-17-26-23-9-4-5-16-25-23/h1-5,7-11,13-14,16,22H,6,12,15,17-18H2,(H,25,26)(H,27,28). The number of nitrogens with zero attached hydrogens (tertiary/aromatic N) is 1. The summed E-state index contributed by atoms with van der Waals surface area (Å²) in [6.07, 6.45) is 3.91. The van der Waals surface area contributed by atoms with Crippen molar-refractivity contribution >= 4 is 11.8 Å². The molecule has 3 aromatic rings. The summed E-state index contributed by atoms with van der Waals surface area (Å²) in [7, 11) is 0. The van der Waals surface area contributed by atoms with E-state index in [1.165, 1.54) is 0 Å². The predicted octanol–water partition coefficient (Wildman–Crippen LogP) is 4.76. The van der Waals surface area contributed by atoms with Crippen LogP contribution < -0.4 is 10.1 Å². The molecule has 3 rings (SSSR count). The van der Waals surface area contributed by atoms with Crippen LogP contribution in [0.25, 0.3) is 0 Å². The first-order valence-corrected chi connectivity index (χ1v) is 9.87. The Balaban J connectivity index is 1.41.